The van der Waals surface area contributed by atoms with Crippen LogP contribution >= 0.6 is 0 Å². The van der Waals surface area contributed by atoms with Gasteiger partial charge in [-0.1, -0.05) is 18.6 Å². The lowest BCUT2D eigenvalue weighted by Gasteiger charge is -2.35. The highest BCUT2D eigenvalue weighted by atomic mass is 16.5. The first-order chi connectivity index (χ1) is 17.8. The maximum Gasteiger partial charge on any atom is 0.255 e. The first-order valence-corrected chi connectivity index (χ1v) is 13.1. The smallest absolute Gasteiger partial charge is 0.255 e. The van der Waals surface area contributed by atoms with Crippen molar-refractivity contribution in [3.63, 3.8) is 0 Å². The Morgan fingerprint density at radius 3 is 2.68 bits per heavy atom. The summed E-state index contributed by atoms with van der Waals surface area (Å²) in [5.74, 6) is 1.06. The predicted molar refractivity (Wildman–Crippen MR) is 140 cm³/mol. The molecule has 0 spiro atoms. The van der Waals surface area contributed by atoms with Crippen LogP contribution in [0.1, 0.15) is 60.6 Å². The number of rotatable bonds is 8. The molecule has 9 nitrogen and oxygen atoms in total. The Hall–Kier alpha value is -3.46. The van der Waals surface area contributed by atoms with E-state index in [0.29, 0.717) is 23.6 Å². The Labute approximate surface area is 216 Å². The van der Waals surface area contributed by atoms with Gasteiger partial charge in [-0.05, 0) is 69.9 Å². The fraction of sp³-hybridized carbons (Fsp3) is 0.500. The molecule has 0 aliphatic heterocycles. The Morgan fingerprint density at radius 1 is 1.14 bits per heavy atom. The topological polar surface area (TPSA) is 129 Å². The largest absolute Gasteiger partial charge is 0.493 e. The number of hydrogen-bond acceptors (Lipinski definition) is 6. The highest BCUT2D eigenvalue weighted by Crippen LogP contribution is 2.37. The molecule has 5 rings (SSSR count). The normalized spacial score (nSPS) is 21.6. The molecule has 37 heavy (non-hydrogen) atoms. The van der Waals surface area contributed by atoms with Gasteiger partial charge >= 0.3 is 0 Å². The van der Waals surface area contributed by atoms with Crippen LogP contribution in [-0.4, -0.2) is 57.2 Å². The molecule has 2 amide bonds. The van der Waals surface area contributed by atoms with Gasteiger partial charge in [-0.3, -0.25) is 9.59 Å². The zero-order chi connectivity index (χ0) is 26.1. The Balaban J connectivity index is 1.39. The number of benzene rings is 1. The SMILES string of the molecule is Cc1ccc(OCC2CC2)c(-c2ncnc3c(C(=O)N[C@H]4CC[C@H](NC(=O)CO)C[C@H]4C)c(C)[nH]c23)c1. The lowest BCUT2D eigenvalue weighted by Crippen LogP contribution is -2.48. The molecule has 2 aliphatic carbocycles. The van der Waals surface area contributed by atoms with E-state index in [0.717, 1.165) is 53.0 Å². The molecule has 2 saturated carbocycles. The fourth-order valence-electron chi connectivity index (χ4n) is 5.31. The minimum atomic E-state index is -0.509. The predicted octanol–water partition coefficient (Wildman–Crippen LogP) is 3.43. The van der Waals surface area contributed by atoms with E-state index in [-0.39, 0.29) is 29.8 Å². The summed E-state index contributed by atoms with van der Waals surface area (Å²) < 4.78 is 6.16. The first-order valence-electron chi connectivity index (χ1n) is 13.1. The third kappa shape index (κ3) is 5.46. The minimum absolute atomic E-state index is 0.0126. The Morgan fingerprint density at radius 2 is 1.95 bits per heavy atom. The standard InChI is InChI=1S/C28H35N5O4/c1-15-4-9-22(37-13-18-5-6-18)20(10-15)25-27-26(30-14-29-25)24(17(3)31-27)28(36)33-21-8-7-19(11-16(21)2)32-23(35)12-34/h4,9-10,14,16,18-19,21,31,34H,5-8,11-13H2,1-3H3,(H,32,35)(H,33,36)/t16-,19+,21+/m1/s1. The number of aryl methyl sites for hydroxylation is 2. The maximum absolute atomic E-state index is 13.5. The first kappa shape index (κ1) is 25.2. The number of hydrogen-bond donors (Lipinski definition) is 4. The number of aromatic amines is 1. The second-order valence-electron chi connectivity index (χ2n) is 10.6. The van der Waals surface area contributed by atoms with Crippen molar-refractivity contribution < 1.29 is 19.4 Å². The van der Waals surface area contributed by atoms with Crippen molar-refractivity contribution in [3.05, 3.63) is 41.3 Å². The number of carbonyl (C=O) groups is 2. The summed E-state index contributed by atoms with van der Waals surface area (Å²) >= 11 is 0. The summed E-state index contributed by atoms with van der Waals surface area (Å²) in [4.78, 5) is 37.5. The summed E-state index contributed by atoms with van der Waals surface area (Å²) in [7, 11) is 0. The molecule has 0 unspecified atom stereocenters. The summed E-state index contributed by atoms with van der Waals surface area (Å²) in [6, 6.07) is 6.09. The number of ether oxygens (including phenoxy) is 1. The number of aliphatic hydroxyl groups excluding tert-OH is 1. The van der Waals surface area contributed by atoms with E-state index in [2.05, 4.69) is 38.6 Å². The Bertz CT molecular complexity index is 1320. The van der Waals surface area contributed by atoms with Gasteiger partial charge in [0.15, 0.2) is 0 Å². The van der Waals surface area contributed by atoms with Crippen molar-refractivity contribution >= 4 is 22.8 Å². The molecule has 196 valence electrons. The fourth-order valence-corrected chi connectivity index (χ4v) is 5.31. The van der Waals surface area contributed by atoms with E-state index in [9.17, 15) is 9.59 Å². The number of nitrogens with one attached hydrogen (secondary N) is 3. The molecule has 2 fully saturated rings. The van der Waals surface area contributed by atoms with Gasteiger partial charge in [-0.2, -0.15) is 0 Å². The van der Waals surface area contributed by atoms with Gasteiger partial charge in [0.1, 0.15) is 29.9 Å². The van der Waals surface area contributed by atoms with Gasteiger partial charge in [0, 0.05) is 23.3 Å². The molecule has 0 bridgehead atoms. The minimum Gasteiger partial charge on any atom is -0.493 e. The second kappa shape index (κ2) is 10.5. The quantitative estimate of drug-likeness (QED) is 0.371. The van der Waals surface area contributed by atoms with Crippen LogP contribution in [-0.2, 0) is 4.79 Å². The molecule has 3 aromatic rings. The van der Waals surface area contributed by atoms with E-state index in [1.165, 1.54) is 19.2 Å². The van der Waals surface area contributed by atoms with Gasteiger partial charge in [-0.15, -0.1) is 0 Å². The highest BCUT2D eigenvalue weighted by molar-refractivity contribution is 6.09. The van der Waals surface area contributed by atoms with Crippen LogP contribution in [0.25, 0.3) is 22.3 Å². The molecule has 3 atom stereocenters. The molecule has 2 heterocycles. The van der Waals surface area contributed by atoms with Crippen molar-refractivity contribution in [3.8, 4) is 17.0 Å². The molecule has 0 saturated heterocycles. The van der Waals surface area contributed by atoms with Crippen LogP contribution in [0.4, 0.5) is 0 Å². The summed E-state index contributed by atoms with van der Waals surface area (Å²) in [5, 5.41) is 15.1. The summed E-state index contributed by atoms with van der Waals surface area (Å²) in [5.41, 5.74) is 5.27. The van der Waals surface area contributed by atoms with Gasteiger partial charge in [0.05, 0.1) is 17.7 Å². The van der Waals surface area contributed by atoms with E-state index < -0.39 is 6.61 Å². The van der Waals surface area contributed by atoms with Crippen LogP contribution in [0, 0.1) is 25.7 Å². The number of amides is 2. The van der Waals surface area contributed by atoms with Crippen molar-refractivity contribution in [2.75, 3.05) is 13.2 Å². The number of H-pyrrole nitrogens is 1. The molecular formula is C28H35N5O4. The molecule has 1 aromatic carbocycles. The number of aliphatic hydroxyl groups is 1. The molecule has 2 aromatic heterocycles. The number of nitrogens with zero attached hydrogens (tertiary/aromatic N) is 2. The lowest BCUT2D eigenvalue weighted by molar-refractivity contribution is -0.124. The zero-order valence-corrected chi connectivity index (χ0v) is 21.6. The van der Waals surface area contributed by atoms with Crippen LogP contribution in [0.2, 0.25) is 0 Å². The molecular weight excluding hydrogens is 470 g/mol. The van der Waals surface area contributed by atoms with Crippen molar-refractivity contribution in [1.82, 2.24) is 25.6 Å². The van der Waals surface area contributed by atoms with Crippen LogP contribution in [0.15, 0.2) is 24.5 Å². The zero-order valence-electron chi connectivity index (χ0n) is 21.6. The molecule has 2 aliphatic rings. The second-order valence-corrected chi connectivity index (χ2v) is 10.6. The van der Waals surface area contributed by atoms with Gasteiger partial charge in [0.25, 0.3) is 5.91 Å². The lowest BCUT2D eigenvalue weighted by atomic mass is 9.82. The Kier molecular flexibility index (Phi) is 7.15. The van der Waals surface area contributed by atoms with Crippen molar-refractivity contribution in [1.29, 1.82) is 0 Å². The summed E-state index contributed by atoms with van der Waals surface area (Å²) in [6.45, 7) is 6.19. The van der Waals surface area contributed by atoms with Crippen molar-refractivity contribution in [2.24, 2.45) is 11.8 Å². The third-order valence-corrected chi connectivity index (χ3v) is 7.55. The van der Waals surface area contributed by atoms with E-state index >= 15 is 0 Å². The van der Waals surface area contributed by atoms with Crippen LogP contribution in [0.3, 0.4) is 0 Å². The average molecular weight is 506 g/mol. The van der Waals surface area contributed by atoms with Crippen molar-refractivity contribution in [2.45, 2.75) is 65.0 Å². The van der Waals surface area contributed by atoms with Crippen LogP contribution < -0.4 is 15.4 Å². The third-order valence-electron chi connectivity index (χ3n) is 7.55. The molecule has 0 radical (unpaired) electrons. The number of aromatic nitrogens is 3. The van der Waals surface area contributed by atoms with E-state index in [4.69, 9.17) is 9.84 Å². The van der Waals surface area contributed by atoms with E-state index in [1.807, 2.05) is 26.0 Å². The van der Waals surface area contributed by atoms with Gasteiger partial charge < -0.3 is 25.5 Å². The monoisotopic (exact) mass is 505 g/mol. The molecule has 9 heteroatoms. The maximum atomic E-state index is 13.5. The average Bonchev–Trinajstić information content (AvgIpc) is 3.64. The summed E-state index contributed by atoms with van der Waals surface area (Å²) in [6.07, 6.45) is 6.17. The van der Waals surface area contributed by atoms with E-state index in [1.54, 1.807) is 0 Å². The van der Waals surface area contributed by atoms with Gasteiger partial charge in [-0.25, -0.2) is 9.97 Å². The highest BCUT2D eigenvalue weighted by Gasteiger charge is 2.31. The molecule has 4 N–H and O–H groups in total. The number of fused-ring (bicyclic) bond motifs is 1. The van der Waals surface area contributed by atoms with Gasteiger partial charge in [0.2, 0.25) is 5.91 Å². The number of carbonyl (C=O) groups excluding carboxylic acids is 2. The van der Waals surface area contributed by atoms with Crippen LogP contribution in [0.5, 0.6) is 5.75 Å².